The molecular weight excluding hydrogens is 356 g/mol. The summed E-state index contributed by atoms with van der Waals surface area (Å²) in [6.07, 6.45) is 0. The molecule has 0 atom stereocenters. The monoisotopic (exact) mass is 376 g/mol. The lowest BCUT2D eigenvalue weighted by Gasteiger charge is -2.11. The van der Waals surface area contributed by atoms with Gasteiger partial charge in [-0.05, 0) is 68.3 Å². The molecule has 7 heteroatoms. The summed E-state index contributed by atoms with van der Waals surface area (Å²) in [7, 11) is 0. The number of rotatable bonds is 6. The number of carbonyl (C=O) groups excluding carboxylic acids is 2. The smallest absolute Gasteiger partial charge is 0.276 e. The summed E-state index contributed by atoms with van der Waals surface area (Å²) in [6, 6.07) is 10.1. The number of halogens is 1. The number of benzene rings is 2. The Morgan fingerprint density at radius 3 is 2.15 bits per heavy atom. The van der Waals surface area contributed by atoms with Gasteiger partial charge in [-0.15, -0.1) is 0 Å². The van der Waals surface area contributed by atoms with E-state index in [1.165, 1.54) is 0 Å². The van der Waals surface area contributed by atoms with Crippen LogP contribution < -0.4 is 20.3 Å². The SMILES string of the molecule is CCOc1ccc(C(=O)NNC(=O)COc2cc(C)c(Cl)c(C)c2)cc1. The van der Waals surface area contributed by atoms with E-state index in [1.54, 1.807) is 36.4 Å². The fourth-order valence-corrected chi connectivity index (χ4v) is 2.35. The molecule has 2 N–H and O–H groups in total. The number of carbonyl (C=O) groups is 2. The van der Waals surface area contributed by atoms with Crippen LogP contribution in [0.2, 0.25) is 5.02 Å². The third-order valence-electron chi connectivity index (χ3n) is 3.52. The number of aryl methyl sites for hydroxylation is 2. The number of nitrogens with one attached hydrogen (secondary N) is 2. The van der Waals surface area contributed by atoms with Gasteiger partial charge in [-0.3, -0.25) is 20.4 Å². The molecule has 0 aliphatic carbocycles. The Balaban J connectivity index is 1.82. The summed E-state index contributed by atoms with van der Waals surface area (Å²) in [5.74, 6) is 0.307. The second-order valence-electron chi connectivity index (χ2n) is 5.62. The normalized spacial score (nSPS) is 10.2. The van der Waals surface area contributed by atoms with E-state index < -0.39 is 11.8 Å². The molecule has 2 aromatic carbocycles. The van der Waals surface area contributed by atoms with Gasteiger partial charge < -0.3 is 9.47 Å². The van der Waals surface area contributed by atoms with Gasteiger partial charge in [-0.1, -0.05) is 11.6 Å². The van der Waals surface area contributed by atoms with Crippen LogP contribution in [0.15, 0.2) is 36.4 Å². The highest BCUT2D eigenvalue weighted by Crippen LogP contribution is 2.25. The lowest BCUT2D eigenvalue weighted by Crippen LogP contribution is -2.43. The van der Waals surface area contributed by atoms with Crippen LogP contribution >= 0.6 is 11.6 Å². The fourth-order valence-electron chi connectivity index (χ4n) is 2.24. The molecule has 6 nitrogen and oxygen atoms in total. The van der Waals surface area contributed by atoms with Crippen LogP contribution in [0.5, 0.6) is 11.5 Å². The molecular formula is C19H21ClN2O4. The minimum atomic E-state index is -0.477. The molecule has 0 spiro atoms. The summed E-state index contributed by atoms with van der Waals surface area (Å²) in [6.45, 7) is 5.92. The van der Waals surface area contributed by atoms with E-state index in [2.05, 4.69) is 10.9 Å². The predicted molar refractivity (Wildman–Crippen MR) is 99.6 cm³/mol. The highest BCUT2D eigenvalue weighted by Gasteiger charge is 2.09. The molecule has 0 bridgehead atoms. The number of hydrogen-bond acceptors (Lipinski definition) is 4. The molecule has 0 radical (unpaired) electrons. The lowest BCUT2D eigenvalue weighted by molar-refractivity contribution is -0.123. The first-order valence-electron chi connectivity index (χ1n) is 8.12. The standard InChI is InChI=1S/C19H21ClN2O4/c1-4-25-15-7-5-14(6-8-15)19(24)22-21-17(23)11-26-16-9-12(2)18(20)13(3)10-16/h5-10H,4,11H2,1-3H3,(H,21,23)(H,22,24). The molecule has 0 saturated heterocycles. The minimum Gasteiger partial charge on any atom is -0.494 e. The Morgan fingerprint density at radius 2 is 1.58 bits per heavy atom. The molecule has 2 amide bonds. The van der Waals surface area contributed by atoms with Crippen molar-refractivity contribution in [2.45, 2.75) is 20.8 Å². The van der Waals surface area contributed by atoms with E-state index in [4.69, 9.17) is 21.1 Å². The van der Waals surface area contributed by atoms with Crippen molar-refractivity contribution in [3.63, 3.8) is 0 Å². The average molecular weight is 377 g/mol. The topological polar surface area (TPSA) is 76.7 Å². The molecule has 26 heavy (non-hydrogen) atoms. The maximum atomic E-state index is 12.0. The molecule has 0 aliphatic rings. The number of ether oxygens (including phenoxy) is 2. The van der Waals surface area contributed by atoms with Crippen molar-refractivity contribution in [3.8, 4) is 11.5 Å². The fraction of sp³-hybridized carbons (Fsp3) is 0.263. The molecule has 0 heterocycles. The van der Waals surface area contributed by atoms with Gasteiger partial charge in [0.25, 0.3) is 11.8 Å². The highest BCUT2D eigenvalue weighted by molar-refractivity contribution is 6.32. The molecule has 2 aromatic rings. The van der Waals surface area contributed by atoms with Crippen LogP contribution in [0.25, 0.3) is 0 Å². The van der Waals surface area contributed by atoms with E-state index in [1.807, 2.05) is 20.8 Å². The van der Waals surface area contributed by atoms with Crippen LogP contribution in [-0.4, -0.2) is 25.0 Å². The Bertz CT molecular complexity index is 768. The number of amides is 2. The van der Waals surface area contributed by atoms with Crippen molar-refractivity contribution in [2.75, 3.05) is 13.2 Å². The van der Waals surface area contributed by atoms with Gasteiger partial charge >= 0.3 is 0 Å². The molecule has 2 rings (SSSR count). The third-order valence-corrected chi connectivity index (χ3v) is 4.12. The molecule has 0 aliphatic heterocycles. The maximum Gasteiger partial charge on any atom is 0.276 e. The zero-order valence-corrected chi connectivity index (χ0v) is 15.6. The second-order valence-corrected chi connectivity index (χ2v) is 6.00. The molecule has 138 valence electrons. The highest BCUT2D eigenvalue weighted by atomic mass is 35.5. The van der Waals surface area contributed by atoms with Crippen LogP contribution in [0.4, 0.5) is 0 Å². The van der Waals surface area contributed by atoms with E-state index in [-0.39, 0.29) is 6.61 Å². The van der Waals surface area contributed by atoms with Gasteiger partial charge in [0.05, 0.1) is 6.61 Å². The summed E-state index contributed by atoms with van der Waals surface area (Å²) >= 11 is 6.09. The van der Waals surface area contributed by atoms with Crippen molar-refractivity contribution in [1.29, 1.82) is 0 Å². The van der Waals surface area contributed by atoms with Crippen molar-refractivity contribution in [2.24, 2.45) is 0 Å². The molecule has 0 fully saturated rings. The predicted octanol–water partition coefficient (Wildman–Crippen LogP) is 3.20. The Morgan fingerprint density at radius 1 is 0.962 bits per heavy atom. The zero-order chi connectivity index (χ0) is 19.1. The first kappa shape index (κ1) is 19.6. The van der Waals surface area contributed by atoms with Gasteiger partial charge in [0.2, 0.25) is 0 Å². The summed E-state index contributed by atoms with van der Waals surface area (Å²) in [4.78, 5) is 23.8. The number of hydrazine groups is 1. The molecule has 0 unspecified atom stereocenters. The van der Waals surface area contributed by atoms with Crippen molar-refractivity contribution < 1.29 is 19.1 Å². The van der Waals surface area contributed by atoms with Crippen molar-refractivity contribution in [1.82, 2.24) is 10.9 Å². The van der Waals surface area contributed by atoms with Crippen LogP contribution in [0.3, 0.4) is 0 Å². The third kappa shape index (κ3) is 5.39. The van der Waals surface area contributed by atoms with Gasteiger partial charge in [0, 0.05) is 10.6 Å². The van der Waals surface area contributed by atoms with Crippen molar-refractivity contribution in [3.05, 3.63) is 58.1 Å². The van der Waals surface area contributed by atoms with E-state index >= 15 is 0 Å². The molecule has 0 aromatic heterocycles. The van der Waals surface area contributed by atoms with Crippen LogP contribution in [0.1, 0.15) is 28.4 Å². The Hall–Kier alpha value is -2.73. The summed E-state index contributed by atoms with van der Waals surface area (Å²) < 4.78 is 10.7. The lowest BCUT2D eigenvalue weighted by atomic mass is 10.1. The zero-order valence-electron chi connectivity index (χ0n) is 14.9. The summed E-state index contributed by atoms with van der Waals surface area (Å²) in [5, 5.41) is 0.671. The van der Waals surface area contributed by atoms with Crippen LogP contribution in [-0.2, 0) is 4.79 Å². The van der Waals surface area contributed by atoms with Gasteiger partial charge in [-0.25, -0.2) is 0 Å². The first-order chi connectivity index (χ1) is 12.4. The van der Waals surface area contributed by atoms with Crippen molar-refractivity contribution >= 4 is 23.4 Å². The van der Waals surface area contributed by atoms with Gasteiger partial charge in [0.1, 0.15) is 11.5 Å². The van der Waals surface area contributed by atoms with E-state index in [0.717, 1.165) is 11.1 Å². The second kappa shape index (κ2) is 9.10. The van der Waals surface area contributed by atoms with E-state index in [9.17, 15) is 9.59 Å². The van der Waals surface area contributed by atoms with Gasteiger partial charge in [0.15, 0.2) is 6.61 Å². The quantitative estimate of drug-likeness (QED) is 0.759. The first-order valence-corrected chi connectivity index (χ1v) is 8.50. The minimum absolute atomic E-state index is 0.232. The Kier molecular flexibility index (Phi) is 6.86. The molecule has 0 saturated carbocycles. The Labute approximate surface area is 157 Å². The maximum absolute atomic E-state index is 12.0. The number of hydrogen-bond donors (Lipinski definition) is 2. The van der Waals surface area contributed by atoms with E-state index in [0.29, 0.717) is 28.7 Å². The largest absolute Gasteiger partial charge is 0.494 e. The van der Waals surface area contributed by atoms with Crippen LogP contribution in [0, 0.1) is 13.8 Å². The van der Waals surface area contributed by atoms with Gasteiger partial charge in [-0.2, -0.15) is 0 Å². The summed E-state index contributed by atoms with van der Waals surface area (Å²) in [5.41, 5.74) is 6.78. The average Bonchev–Trinajstić information content (AvgIpc) is 2.63.